The van der Waals surface area contributed by atoms with Gasteiger partial charge in [0, 0.05) is 0 Å². The van der Waals surface area contributed by atoms with Crippen LogP contribution in [-0.2, 0) is 33.3 Å². The molecule has 0 radical (unpaired) electrons. The van der Waals surface area contributed by atoms with Crippen LogP contribution >= 0.6 is 0 Å². The smallest absolute Gasteiger partial charge is 0.339 e. The minimum absolute atomic E-state index is 0.0210. The fraction of sp³-hybridized carbons (Fsp3) is 0.714. The zero-order chi connectivity index (χ0) is 23.9. The summed E-state index contributed by atoms with van der Waals surface area (Å²) in [6, 6.07) is 0. The second kappa shape index (κ2) is 9.29. The lowest BCUT2D eigenvalue weighted by molar-refractivity contribution is -0.343. The summed E-state index contributed by atoms with van der Waals surface area (Å²) >= 11 is 0. The lowest BCUT2D eigenvalue weighted by atomic mass is 9.79. The van der Waals surface area contributed by atoms with E-state index in [0.29, 0.717) is 5.57 Å². The van der Waals surface area contributed by atoms with Crippen LogP contribution in [0.2, 0.25) is 0 Å². The van der Waals surface area contributed by atoms with Crippen molar-refractivity contribution >= 4 is 11.9 Å². The van der Waals surface area contributed by atoms with Crippen LogP contribution in [0.1, 0.15) is 19.3 Å². The van der Waals surface area contributed by atoms with Gasteiger partial charge in [-0.2, -0.15) is 0 Å². The summed E-state index contributed by atoms with van der Waals surface area (Å²) in [7, 11) is 1.15. The van der Waals surface area contributed by atoms with E-state index in [9.17, 15) is 35.1 Å². The quantitative estimate of drug-likeness (QED) is 0.200. The fourth-order valence-electron chi connectivity index (χ4n) is 4.35. The summed E-state index contributed by atoms with van der Waals surface area (Å²) in [5, 5.41) is 51.9. The Morgan fingerprint density at radius 3 is 2.52 bits per heavy atom. The van der Waals surface area contributed by atoms with E-state index >= 15 is 0 Å². The van der Waals surface area contributed by atoms with Gasteiger partial charge in [-0.15, -0.1) is 0 Å². The van der Waals surface area contributed by atoms with Crippen molar-refractivity contribution in [3.8, 4) is 0 Å². The number of methoxy groups -OCH3 is 1. The molecule has 0 amide bonds. The Hall–Kier alpha value is -2.06. The van der Waals surface area contributed by atoms with Crippen LogP contribution in [0.25, 0.3) is 0 Å². The molecule has 2 heterocycles. The van der Waals surface area contributed by atoms with Crippen LogP contribution in [0, 0.1) is 11.8 Å². The molecule has 184 valence electrons. The molecule has 0 aromatic heterocycles. The zero-order valence-electron chi connectivity index (χ0n) is 17.9. The van der Waals surface area contributed by atoms with Crippen LogP contribution in [0.4, 0.5) is 0 Å². The van der Waals surface area contributed by atoms with E-state index in [1.54, 1.807) is 6.08 Å². The molecule has 1 saturated heterocycles. The van der Waals surface area contributed by atoms with Crippen LogP contribution < -0.4 is 0 Å². The van der Waals surface area contributed by atoms with E-state index in [2.05, 4.69) is 0 Å². The molecule has 0 spiro atoms. The minimum Gasteiger partial charge on any atom is -0.471 e. The molecule has 0 aromatic carbocycles. The van der Waals surface area contributed by atoms with Gasteiger partial charge in [0.15, 0.2) is 6.29 Å². The Morgan fingerprint density at radius 2 is 1.88 bits per heavy atom. The highest BCUT2D eigenvalue weighted by molar-refractivity contribution is 5.91. The molecule has 4 aliphatic rings. The van der Waals surface area contributed by atoms with Gasteiger partial charge < -0.3 is 49.2 Å². The number of aliphatic hydroxyl groups is 5. The second-order valence-corrected chi connectivity index (χ2v) is 8.63. The van der Waals surface area contributed by atoms with Crippen molar-refractivity contribution in [1.82, 2.24) is 0 Å². The molecule has 5 N–H and O–H groups in total. The molecule has 12 heteroatoms. The molecular formula is C21H28O12. The van der Waals surface area contributed by atoms with Crippen LogP contribution in [0.3, 0.4) is 0 Å². The van der Waals surface area contributed by atoms with Gasteiger partial charge in [-0.25, -0.2) is 4.79 Å². The number of esters is 2. The molecule has 12 nitrogen and oxygen atoms in total. The van der Waals surface area contributed by atoms with Gasteiger partial charge in [0.25, 0.3) is 0 Å². The number of aliphatic hydroxyl groups excluding tert-OH is 4. The SMILES string of the molecule is COC(=O)C1=COC(OC2OC(COC(=O)C3CC3)C(O)C(O)C2O)C2C(CO)=CCC12O. The average Bonchev–Trinajstić information content (AvgIpc) is 3.59. The number of carbonyl (C=O) groups excluding carboxylic acids is 2. The van der Waals surface area contributed by atoms with Crippen molar-refractivity contribution in [2.24, 2.45) is 11.8 Å². The lowest BCUT2D eigenvalue weighted by Gasteiger charge is -2.44. The molecular weight excluding hydrogens is 444 g/mol. The van der Waals surface area contributed by atoms with Gasteiger partial charge in [-0.1, -0.05) is 6.08 Å². The van der Waals surface area contributed by atoms with E-state index in [1.807, 2.05) is 0 Å². The van der Waals surface area contributed by atoms with Gasteiger partial charge in [0.2, 0.25) is 6.29 Å². The van der Waals surface area contributed by atoms with Gasteiger partial charge in [-0.3, -0.25) is 4.79 Å². The van der Waals surface area contributed by atoms with Crippen molar-refractivity contribution in [3.05, 3.63) is 23.5 Å². The van der Waals surface area contributed by atoms with Crippen molar-refractivity contribution in [1.29, 1.82) is 0 Å². The summed E-state index contributed by atoms with van der Waals surface area (Å²) < 4.78 is 26.6. The maximum Gasteiger partial charge on any atom is 0.339 e. The molecule has 33 heavy (non-hydrogen) atoms. The molecule has 8 unspecified atom stereocenters. The predicted octanol–water partition coefficient (Wildman–Crippen LogP) is -2.15. The molecule has 1 saturated carbocycles. The number of hydrogen-bond donors (Lipinski definition) is 5. The van der Waals surface area contributed by atoms with Crippen LogP contribution in [-0.4, -0.2) is 100 Å². The Kier molecular flexibility index (Phi) is 6.78. The summed E-state index contributed by atoms with van der Waals surface area (Å²) in [4.78, 5) is 24.0. The largest absolute Gasteiger partial charge is 0.471 e. The van der Waals surface area contributed by atoms with Gasteiger partial charge in [-0.05, 0) is 24.8 Å². The average molecular weight is 472 g/mol. The highest BCUT2D eigenvalue weighted by atomic mass is 16.8. The number of rotatable bonds is 7. The molecule has 4 rings (SSSR count). The van der Waals surface area contributed by atoms with Crippen molar-refractivity contribution < 1.29 is 58.8 Å². The number of fused-ring (bicyclic) bond motifs is 1. The van der Waals surface area contributed by atoms with Crippen molar-refractivity contribution in [3.63, 3.8) is 0 Å². The van der Waals surface area contributed by atoms with Crippen molar-refractivity contribution in [2.45, 2.75) is 61.9 Å². The highest BCUT2D eigenvalue weighted by Gasteiger charge is 2.57. The van der Waals surface area contributed by atoms with Crippen LogP contribution in [0.15, 0.2) is 23.5 Å². The summed E-state index contributed by atoms with van der Waals surface area (Å²) in [5.74, 6) is -2.48. The number of hydrogen-bond acceptors (Lipinski definition) is 12. The topological polar surface area (TPSA) is 181 Å². The molecule has 2 fully saturated rings. The summed E-state index contributed by atoms with van der Waals surface area (Å²) in [6.07, 6.45) is -5.06. The summed E-state index contributed by atoms with van der Waals surface area (Å²) in [5.41, 5.74) is -1.64. The van der Waals surface area contributed by atoms with Gasteiger partial charge >= 0.3 is 11.9 Å². The maximum absolute atomic E-state index is 12.1. The Bertz CT molecular complexity index is 835. The third kappa shape index (κ3) is 4.39. The molecule has 0 bridgehead atoms. The van der Waals surface area contributed by atoms with E-state index in [1.165, 1.54) is 0 Å². The second-order valence-electron chi connectivity index (χ2n) is 8.63. The number of ether oxygens (including phenoxy) is 5. The van der Waals surface area contributed by atoms with E-state index in [0.717, 1.165) is 26.2 Å². The zero-order valence-corrected chi connectivity index (χ0v) is 17.9. The Labute approximate surface area is 188 Å². The van der Waals surface area contributed by atoms with Gasteiger partial charge in [0.1, 0.15) is 42.2 Å². The first-order valence-electron chi connectivity index (χ1n) is 10.7. The monoisotopic (exact) mass is 472 g/mol. The Morgan fingerprint density at radius 1 is 1.15 bits per heavy atom. The highest BCUT2D eigenvalue weighted by Crippen LogP contribution is 2.47. The first-order valence-corrected chi connectivity index (χ1v) is 10.7. The van der Waals surface area contributed by atoms with E-state index in [4.69, 9.17) is 23.7 Å². The molecule has 0 aromatic rings. The first-order chi connectivity index (χ1) is 15.7. The Balaban J connectivity index is 1.51. The molecule has 8 atom stereocenters. The van der Waals surface area contributed by atoms with E-state index in [-0.39, 0.29) is 24.5 Å². The minimum atomic E-state index is -1.80. The van der Waals surface area contributed by atoms with Gasteiger partial charge in [0.05, 0.1) is 31.8 Å². The lowest BCUT2D eigenvalue weighted by Crippen LogP contribution is -2.61. The fourth-order valence-corrected chi connectivity index (χ4v) is 4.35. The number of carbonyl (C=O) groups is 2. The maximum atomic E-state index is 12.1. The van der Waals surface area contributed by atoms with Crippen molar-refractivity contribution in [2.75, 3.05) is 20.3 Å². The third-order valence-electron chi connectivity index (χ3n) is 6.47. The van der Waals surface area contributed by atoms with E-state index < -0.39 is 67.1 Å². The molecule has 2 aliphatic heterocycles. The predicted molar refractivity (Wildman–Crippen MR) is 105 cm³/mol. The third-order valence-corrected chi connectivity index (χ3v) is 6.47. The summed E-state index contributed by atoms with van der Waals surface area (Å²) in [6.45, 7) is -0.826. The van der Waals surface area contributed by atoms with Crippen LogP contribution in [0.5, 0.6) is 0 Å². The first kappa shape index (κ1) is 24.1. The standard InChI is InChI=1S/C21H28O12/c1-29-18(27)11-7-31-19(13-10(6-22)4-5-21(11,13)28)33-20-16(25)15(24)14(23)12(32-20)8-30-17(26)9-2-3-9/h4,7,9,12-16,19-20,22-25,28H,2-3,5-6,8H2,1H3. The molecule has 2 aliphatic carbocycles. The normalized spacial score (nSPS) is 40.2.